The fourth-order valence-electron chi connectivity index (χ4n) is 5.31. The fraction of sp³-hybridized carbons (Fsp3) is 0.600. The lowest BCUT2D eigenvalue weighted by Crippen LogP contribution is -2.56. The Morgan fingerprint density at radius 3 is 2.97 bits per heavy atom. The average Bonchev–Trinajstić information content (AvgIpc) is 3.52. The van der Waals surface area contributed by atoms with Crippen LogP contribution in [0.1, 0.15) is 64.8 Å². The Balaban J connectivity index is 1.40. The average molecular weight is 415 g/mol. The summed E-state index contributed by atoms with van der Waals surface area (Å²) in [5.41, 5.74) is 2.61. The van der Waals surface area contributed by atoms with Gasteiger partial charge in [-0.05, 0) is 25.7 Å². The maximum absolute atomic E-state index is 13.5. The first kappa shape index (κ1) is 18.6. The number of rotatable bonds is 4. The summed E-state index contributed by atoms with van der Waals surface area (Å²) >= 11 is 1.52. The highest BCUT2D eigenvalue weighted by Crippen LogP contribution is 2.44. The summed E-state index contributed by atoms with van der Waals surface area (Å²) < 4.78 is 1.86. The zero-order valence-corrected chi connectivity index (χ0v) is 17.4. The summed E-state index contributed by atoms with van der Waals surface area (Å²) in [5.74, 6) is 0.745. The van der Waals surface area contributed by atoms with Gasteiger partial charge in [0.15, 0.2) is 0 Å². The molecule has 9 heteroatoms. The van der Waals surface area contributed by atoms with Gasteiger partial charge >= 0.3 is 0 Å². The highest BCUT2D eigenvalue weighted by molar-refractivity contribution is 7.09. The molecule has 1 unspecified atom stereocenters. The maximum atomic E-state index is 13.5. The molecule has 5 rings (SSSR count). The summed E-state index contributed by atoms with van der Waals surface area (Å²) in [4.78, 5) is 33.8. The van der Waals surface area contributed by atoms with Gasteiger partial charge in [-0.15, -0.1) is 11.3 Å². The second kappa shape index (κ2) is 7.12. The molecule has 1 spiro atoms. The molecule has 0 radical (unpaired) electrons. The van der Waals surface area contributed by atoms with Gasteiger partial charge in [0, 0.05) is 18.0 Å². The van der Waals surface area contributed by atoms with Gasteiger partial charge in [-0.25, -0.2) is 9.67 Å². The third-order valence-corrected chi connectivity index (χ3v) is 7.69. The molecule has 3 aliphatic rings. The highest BCUT2D eigenvalue weighted by atomic mass is 32.1. The number of thiazole rings is 1. The van der Waals surface area contributed by atoms with E-state index in [1.807, 2.05) is 16.5 Å². The fourth-order valence-corrected chi connectivity index (χ4v) is 6.02. The third-order valence-electron chi connectivity index (χ3n) is 6.71. The highest BCUT2D eigenvalue weighted by Gasteiger charge is 2.53. The first-order valence-corrected chi connectivity index (χ1v) is 11.4. The van der Waals surface area contributed by atoms with Gasteiger partial charge in [0.25, 0.3) is 11.8 Å². The number of anilines is 1. The van der Waals surface area contributed by atoms with Gasteiger partial charge < -0.3 is 15.5 Å². The Kier molecular flexibility index (Phi) is 4.57. The predicted molar refractivity (Wildman–Crippen MR) is 110 cm³/mol. The van der Waals surface area contributed by atoms with Gasteiger partial charge in [-0.2, -0.15) is 5.10 Å². The van der Waals surface area contributed by atoms with E-state index < -0.39 is 0 Å². The Morgan fingerprint density at radius 1 is 1.34 bits per heavy atom. The van der Waals surface area contributed by atoms with E-state index in [-0.39, 0.29) is 23.4 Å². The summed E-state index contributed by atoms with van der Waals surface area (Å²) in [6, 6.07) is -0.0376. The number of carbonyl (C=O) groups excluding carboxylic acids is 2. The molecule has 2 aliphatic heterocycles. The van der Waals surface area contributed by atoms with Crippen LogP contribution in [0.2, 0.25) is 0 Å². The van der Waals surface area contributed by atoms with Crippen LogP contribution in [-0.4, -0.2) is 56.1 Å². The number of aryl methyl sites for hydroxylation is 1. The second-order valence-electron chi connectivity index (χ2n) is 8.12. The SMILES string of the molecule is CCc1scnc1C(=O)NC1CCN(C(=O)c2cnn3c2NCC3)C12CCCC2. The van der Waals surface area contributed by atoms with E-state index in [9.17, 15) is 9.59 Å². The summed E-state index contributed by atoms with van der Waals surface area (Å²) in [5, 5.41) is 10.9. The van der Waals surface area contributed by atoms with Crippen molar-refractivity contribution in [3.63, 3.8) is 0 Å². The van der Waals surface area contributed by atoms with Crippen LogP contribution >= 0.6 is 11.3 Å². The minimum Gasteiger partial charge on any atom is -0.368 e. The molecule has 2 fully saturated rings. The second-order valence-corrected chi connectivity index (χ2v) is 9.06. The standard InChI is InChI=1S/C20H26N6O2S/c1-2-14-16(22-12-29-14)18(27)24-15-5-9-25(20(15)6-3-4-7-20)19(28)13-11-23-26-10-8-21-17(13)26/h11-12,15,21H,2-10H2,1H3,(H,24,27). The summed E-state index contributed by atoms with van der Waals surface area (Å²) in [6.45, 7) is 4.30. The predicted octanol–water partition coefficient (Wildman–Crippen LogP) is 2.28. The van der Waals surface area contributed by atoms with Gasteiger partial charge in [0.2, 0.25) is 0 Å². The molecule has 8 nitrogen and oxygen atoms in total. The number of fused-ring (bicyclic) bond motifs is 1. The van der Waals surface area contributed by atoms with Crippen molar-refractivity contribution in [3.8, 4) is 0 Å². The van der Waals surface area contributed by atoms with Crippen molar-refractivity contribution in [2.75, 3.05) is 18.4 Å². The number of hydrogen-bond donors (Lipinski definition) is 2. The molecule has 1 saturated heterocycles. The van der Waals surface area contributed by atoms with Crippen molar-refractivity contribution in [2.45, 2.75) is 63.6 Å². The van der Waals surface area contributed by atoms with Crippen molar-refractivity contribution in [3.05, 3.63) is 27.8 Å². The number of nitrogens with one attached hydrogen (secondary N) is 2. The quantitative estimate of drug-likeness (QED) is 0.801. The lowest BCUT2D eigenvalue weighted by Gasteiger charge is -2.39. The number of hydrogen-bond acceptors (Lipinski definition) is 6. The minimum atomic E-state index is -0.303. The molecule has 2 N–H and O–H groups in total. The zero-order valence-electron chi connectivity index (χ0n) is 16.6. The molecular weight excluding hydrogens is 388 g/mol. The molecule has 29 heavy (non-hydrogen) atoms. The van der Waals surface area contributed by atoms with Gasteiger partial charge in [0.1, 0.15) is 17.1 Å². The molecule has 154 valence electrons. The van der Waals surface area contributed by atoms with Crippen LogP contribution in [0.5, 0.6) is 0 Å². The molecule has 0 bridgehead atoms. The number of nitrogens with zero attached hydrogens (tertiary/aromatic N) is 4. The van der Waals surface area contributed by atoms with E-state index in [1.54, 1.807) is 11.7 Å². The lowest BCUT2D eigenvalue weighted by molar-refractivity contribution is 0.0550. The normalized spacial score (nSPS) is 22.1. The van der Waals surface area contributed by atoms with Gasteiger partial charge in [0.05, 0.1) is 29.8 Å². The van der Waals surface area contributed by atoms with E-state index >= 15 is 0 Å². The number of likely N-dealkylation sites (tertiary alicyclic amines) is 1. The van der Waals surface area contributed by atoms with Gasteiger partial charge in [-0.3, -0.25) is 9.59 Å². The van der Waals surface area contributed by atoms with E-state index in [2.05, 4.69) is 20.7 Å². The molecule has 4 heterocycles. The van der Waals surface area contributed by atoms with Crippen LogP contribution in [0.15, 0.2) is 11.7 Å². The molecule has 1 atom stereocenters. The summed E-state index contributed by atoms with van der Waals surface area (Å²) in [6.07, 6.45) is 7.28. The van der Waals surface area contributed by atoms with Crippen molar-refractivity contribution in [2.24, 2.45) is 0 Å². The monoisotopic (exact) mass is 414 g/mol. The molecule has 1 saturated carbocycles. The topological polar surface area (TPSA) is 92.2 Å². The van der Waals surface area contributed by atoms with Crippen molar-refractivity contribution in [1.82, 2.24) is 25.0 Å². The maximum Gasteiger partial charge on any atom is 0.271 e. The van der Waals surface area contributed by atoms with Crippen molar-refractivity contribution >= 4 is 29.0 Å². The van der Waals surface area contributed by atoms with E-state index in [0.717, 1.165) is 62.3 Å². The largest absolute Gasteiger partial charge is 0.368 e. The third kappa shape index (κ3) is 2.86. The zero-order chi connectivity index (χ0) is 20.0. The number of amides is 2. The molecule has 0 aromatic carbocycles. The van der Waals surface area contributed by atoms with Crippen molar-refractivity contribution < 1.29 is 9.59 Å². The Morgan fingerprint density at radius 2 is 2.17 bits per heavy atom. The molecule has 2 aromatic heterocycles. The first-order chi connectivity index (χ1) is 14.1. The lowest BCUT2D eigenvalue weighted by atomic mass is 9.88. The van der Waals surface area contributed by atoms with E-state index in [0.29, 0.717) is 17.8 Å². The van der Waals surface area contributed by atoms with E-state index in [1.165, 1.54) is 11.3 Å². The summed E-state index contributed by atoms with van der Waals surface area (Å²) in [7, 11) is 0. The Bertz CT molecular complexity index is 945. The van der Waals surface area contributed by atoms with Crippen LogP contribution in [0.4, 0.5) is 5.82 Å². The van der Waals surface area contributed by atoms with Crippen LogP contribution < -0.4 is 10.6 Å². The van der Waals surface area contributed by atoms with E-state index in [4.69, 9.17) is 0 Å². The molecular formula is C20H26N6O2S. The van der Waals surface area contributed by atoms with Gasteiger partial charge in [-0.1, -0.05) is 19.8 Å². The van der Waals surface area contributed by atoms with Crippen LogP contribution in [-0.2, 0) is 13.0 Å². The Hall–Kier alpha value is -2.42. The minimum absolute atomic E-state index is 0.0298. The van der Waals surface area contributed by atoms with Crippen molar-refractivity contribution in [1.29, 1.82) is 0 Å². The van der Waals surface area contributed by atoms with Crippen LogP contribution in [0.3, 0.4) is 0 Å². The van der Waals surface area contributed by atoms with Crippen LogP contribution in [0, 0.1) is 0 Å². The molecule has 2 amide bonds. The molecule has 2 aromatic rings. The molecule has 1 aliphatic carbocycles. The number of aromatic nitrogens is 3. The smallest absolute Gasteiger partial charge is 0.271 e. The Labute approximate surface area is 173 Å². The first-order valence-electron chi connectivity index (χ1n) is 10.5. The van der Waals surface area contributed by atoms with Crippen LogP contribution in [0.25, 0.3) is 0 Å². The number of carbonyl (C=O) groups is 2.